The molecule has 0 aliphatic heterocycles. The molecule has 2 aromatic carbocycles. The number of amides is 1. The molecule has 0 fully saturated rings. The third-order valence-corrected chi connectivity index (χ3v) is 4.42. The second-order valence-electron chi connectivity index (χ2n) is 6.30. The number of ether oxygens (including phenoxy) is 1. The van der Waals surface area contributed by atoms with Gasteiger partial charge in [0.05, 0.1) is 23.9 Å². The van der Waals surface area contributed by atoms with Gasteiger partial charge in [0.25, 0.3) is 5.91 Å². The second-order valence-corrected chi connectivity index (χ2v) is 6.30. The fourth-order valence-corrected chi connectivity index (χ4v) is 2.96. The fourth-order valence-electron chi connectivity index (χ4n) is 2.96. The number of benzene rings is 2. The van der Waals surface area contributed by atoms with Crippen molar-refractivity contribution in [1.82, 2.24) is 15.0 Å². The highest BCUT2D eigenvalue weighted by Gasteiger charge is 2.10. The van der Waals surface area contributed by atoms with Gasteiger partial charge in [-0.05, 0) is 18.2 Å². The van der Waals surface area contributed by atoms with Crippen LogP contribution in [0.3, 0.4) is 0 Å². The van der Waals surface area contributed by atoms with Crippen LogP contribution in [-0.4, -0.2) is 28.0 Å². The van der Waals surface area contributed by atoms with Gasteiger partial charge in [-0.15, -0.1) is 0 Å². The van der Waals surface area contributed by atoms with E-state index in [0.717, 1.165) is 22.2 Å². The first-order valence-corrected chi connectivity index (χ1v) is 9.07. The highest BCUT2D eigenvalue weighted by molar-refractivity contribution is 6.08. The predicted octanol–water partition coefficient (Wildman–Crippen LogP) is 3.90. The third-order valence-electron chi connectivity index (χ3n) is 4.42. The van der Waals surface area contributed by atoms with Crippen LogP contribution in [0, 0.1) is 0 Å². The lowest BCUT2D eigenvalue weighted by Crippen LogP contribution is -2.14. The summed E-state index contributed by atoms with van der Waals surface area (Å²) >= 11 is 0. The standard InChI is InChI=1S/C22H19N5O2/c1-29-19-10-3-2-6-16(19)12-24-22-25-13-17(14-26-22)21(28)27-18-9-4-7-15-8-5-11-23-20(15)18/h2-11,13-14H,12H2,1H3,(H,27,28)(H,24,25,26). The molecule has 1 amide bonds. The van der Waals surface area contributed by atoms with Gasteiger partial charge in [-0.25, -0.2) is 9.97 Å². The van der Waals surface area contributed by atoms with Crippen molar-refractivity contribution >= 4 is 28.4 Å². The smallest absolute Gasteiger partial charge is 0.258 e. The molecule has 0 bridgehead atoms. The number of anilines is 2. The number of carbonyl (C=O) groups is 1. The highest BCUT2D eigenvalue weighted by atomic mass is 16.5. The Kier molecular flexibility index (Phi) is 5.29. The molecule has 0 radical (unpaired) electrons. The van der Waals surface area contributed by atoms with Crippen molar-refractivity contribution in [3.8, 4) is 5.75 Å². The maximum absolute atomic E-state index is 12.6. The van der Waals surface area contributed by atoms with Gasteiger partial charge in [0, 0.05) is 36.1 Å². The SMILES string of the molecule is COc1ccccc1CNc1ncc(C(=O)Nc2cccc3cccnc23)cn1. The van der Waals surface area contributed by atoms with Crippen molar-refractivity contribution < 1.29 is 9.53 Å². The summed E-state index contributed by atoms with van der Waals surface area (Å²) in [7, 11) is 1.63. The van der Waals surface area contributed by atoms with Crippen molar-refractivity contribution in [2.24, 2.45) is 0 Å². The molecule has 0 spiro atoms. The van der Waals surface area contributed by atoms with Crippen LogP contribution in [0.15, 0.2) is 73.2 Å². The van der Waals surface area contributed by atoms with Crippen molar-refractivity contribution in [3.63, 3.8) is 0 Å². The first-order chi connectivity index (χ1) is 14.2. The number of pyridine rings is 1. The minimum atomic E-state index is -0.292. The first kappa shape index (κ1) is 18.4. The first-order valence-electron chi connectivity index (χ1n) is 9.07. The molecule has 2 N–H and O–H groups in total. The predicted molar refractivity (Wildman–Crippen MR) is 112 cm³/mol. The molecule has 0 saturated heterocycles. The quantitative estimate of drug-likeness (QED) is 0.523. The molecule has 0 aliphatic carbocycles. The molecule has 7 nitrogen and oxygen atoms in total. The minimum absolute atomic E-state index is 0.292. The Morgan fingerprint density at radius 2 is 1.76 bits per heavy atom. The zero-order valence-corrected chi connectivity index (χ0v) is 15.8. The van der Waals surface area contributed by atoms with Gasteiger partial charge in [0.1, 0.15) is 5.75 Å². The molecule has 7 heteroatoms. The van der Waals surface area contributed by atoms with E-state index >= 15 is 0 Å². The zero-order valence-electron chi connectivity index (χ0n) is 15.8. The number of para-hydroxylation sites is 2. The lowest BCUT2D eigenvalue weighted by atomic mass is 10.2. The fraction of sp³-hybridized carbons (Fsp3) is 0.0909. The number of carbonyl (C=O) groups excluding carboxylic acids is 1. The van der Waals surface area contributed by atoms with Crippen molar-refractivity contribution in [2.45, 2.75) is 6.54 Å². The maximum atomic E-state index is 12.6. The number of hydrogen-bond donors (Lipinski definition) is 2. The summed E-state index contributed by atoms with van der Waals surface area (Å²) in [6.45, 7) is 0.511. The van der Waals surface area contributed by atoms with Gasteiger partial charge in [-0.1, -0.05) is 36.4 Å². The maximum Gasteiger partial charge on any atom is 0.258 e. The van der Waals surface area contributed by atoms with Crippen LogP contribution in [-0.2, 0) is 6.54 Å². The van der Waals surface area contributed by atoms with Gasteiger partial charge < -0.3 is 15.4 Å². The Hall–Kier alpha value is -4.00. The van der Waals surface area contributed by atoms with Crippen LogP contribution in [0.5, 0.6) is 5.75 Å². The van der Waals surface area contributed by atoms with E-state index in [4.69, 9.17) is 4.74 Å². The summed E-state index contributed by atoms with van der Waals surface area (Å²) in [5.74, 6) is 0.929. The summed E-state index contributed by atoms with van der Waals surface area (Å²) in [6, 6.07) is 17.2. The summed E-state index contributed by atoms with van der Waals surface area (Å²) in [5.41, 5.74) is 2.73. The number of nitrogens with zero attached hydrogens (tertiary/aromatic N) is 3. The van der Waals surface area contributed by atoms with Crippen LogP contribution in [0.25, 0.3) is 10.9 Å². The molecule has 0 saturated carbocycles. The normalized spacial score (nSPS) is 10.5. The summed E-state index contributed by atoms with van der Waals surface area (Å²) in [5, 5.41) is 6.96. The van der Waals surface area contributed by atoms with Crippen molar-refractivity contribution in [1.29, 1.82) is 0 Å². The molecular formula is C22H19N5O2. The van der Waals surface area contributed by atoms with Crippen LogP contribution < -0.4 is 15.4 Å². The number of methoxy groups -OCH3 is 1. The van der Waals surface area contributed by atoms with Crippen LogP contribution >= 0.6 is 0 Å². The van der Waals surface area contributed by atoms with Gasteiger partial charge >= 0.3 is 0 Å². The lowest BCUT2D eigenvalue weighted by molar-refractivity contribution is 0.102. The lowest BCUT2D eigenvalue weighted by Gasteiger charge is -2.10. The number of rotatable bonds is 6. The van der Waals surface area contributed by atoms with E-state index in [1.165, 1.54) is 12.4 Å². The molecule has 2 aromatic heterocycles. The monoisotopic (exact) mass is 385 g/mol. The number of hydrogen-bond acceptors (Lipinski definition) is 6. The Morgan fingerprint density at radius 3 is 2.59 bits per heavy atom. The zero-order chi connectivity index (χ0) is 20.1. The molecular weight excluding hydrogens is 366 g/mol. The average Bonchev–Trinajstić information content (AvgIpc) is 2.78. The van der Waals surface area contributed by atoms with E-state index in [1.807, 2.05) is 54.6 Å². The summed E-state index contributed by atoms with van der Waals surface area (Å²) in [4.78, 5) is 25.4. The van der Waals surface area contributed by atoms with Gasteiger partial charge in [-0.2, -0.15) is 0 Å². The second kappa shape index (κ2) is 8.35. The molecule has 0 aliphatic rings. The Bertz CT molecular complexity index is 1140. The van der Waals surface area contributed by atoms with Crippen LogP contribution in [0.2, 0.25) is 0 Å². The third kappa shape index (κ3) is 4.14. The summed E-state index contributed by atoms with van der Waals surface area (Å²) < 4.78 is 5.33. The van der Waals surface area contributed by atoms with Crippen molar-refractivity contribution in [2.75, 3.05) is 17.7 Å². The van der Waals surface area contributed by atoms with Crippen LogP contribution in [0.4, 0.5) is 11.6 Å². The summed E-state index contributed by atoms with van der Waals surface area (Å²) in [6.07, 6.45) is 4.68. The molecule has 144 valence electrons. The Morgan fingerprint density at radius 1 is 0.966 bits per heavy atom. The molecule has 0 atom stereocenters. The van der Waals surface area contributed by atoms with E-state index in [9.17, 15) is 4.79 Å². The topological polar surface area (TPSA) is 89.0 Å². The number of aromatic nitrogens is 3. The van der Waals surface area contributed by atoms with Gasteiger partial charge in [0.15, 0.2) is 0 Å². The van der Waals surface area contributed by atoms with Gasteiger partial charge in [0.2, 0.25) is 5.95 Å². The Labute approximate surface area is 167 Å². The molecule has 29 heavy (non-hydrogen) atoms. The number of nitrogens with one attached hydrogen (secondary N) is 2. The molecule has 4 rings (SSSR count). The van der Waals surface area contributed by atoms with Gasteiger partial charge in [-0.3, -0.25) is 9.78 Å². The Balaban J connectivity index is 1.44. The molecule has 4 aromatic rings. The highest BCUT2D eigenvalue weighted by Crippen LogP contribution is 2.21. The number of fused-ring (bicyclic) bond motifs is 1. The largest absolute Gasteiger partial charge is 0.496 e. The van der Waals surface area contributed by atoms with E-state index in [0.29, 0.717) is 23.7 Å². The van der Waals surface area contributed by atoms with E-state index < -0.39 is 0 Å². The van der Waals surface area contributed by atoms with Crippen molar-refractivity contribution in [3.05, 3.63) is 84.3 Å². The van der Waals surface area contributed by atoms with E-state index in [2.05, 4.69) is 25.6 Å². The van der Waals surface area contributed by atoms with Crippen LogP contribution in [0.1, 0.15) is 15.9 Å². The minimum Gasteiger partial charge on any atom is -0.496 e. The van der Waals surface area contributed by atoms with E-state index in [1.54, 1.807) is 13.3 Å². The molecule has 0 unspecified atom stereocenters. The van der Waals surface area contributed by atoms with E-state index in [-0.39, 0.29) is 5.91 Å². The molecule has 2 heterocycles. The average molecular weight is 385 g/mol.